The van der Waals surface area contributed by atoms with Crippen LogP contribution in [0.25, 0.3) is 11.1 Å². The fourth-order valence-electron chi connectivity index (χ4n) is 2.40. The van der Waals surface area contributed by atoms with Crippen LogP contribution >= 0.6 is 11.3 Å². The van der Waals surface area contributed by atoms with Gasteiger partial charge in [0.2, 0.25) is 10.9 Å². The van der Waals surface area contributed by atoms with Crippen LogP contribution in [0.2, 0.25) is 0 Å². The third-order valence-electron chi connectivity index (χ3n) is 3.59. The molecule has 0 unspecified atom stereocenters. The minimum Gasteiger partial charge on any atom is -0.381 e. The van der Waals surface area contributed by atoms with Gasteiger partial charge in [0.05, 0.1) is 11.3 Å². The van der Waals surface area contributed by atoms with Gasteiger partial charge in [-0.25, -0.2) is 0 Å². The Hall–Kier alpha value is -2.20. The number of benzene rings is 1. The first kappa shape index (κ1) is 13.8. The van der Waals surface area contributed by atoms with Gasteiger partial charge in [0, 0.05) is 11.4 Å². The molecule has 0 spiro atoms. The molecule has 1 N–H and O–H groups in total. The van der Waals surface area contributed by atoms with E-state index in [0.717, 1.165) is 12.0 Å². The van der Waals surface area contributed by atoms with Crippen LogP contribution in [0.15, 0.2) is 51.4 Å². The summed E-state index contributed by atoms with van der Waals surface area (Å²) in [5.74, 6) is 0. The average Bonchev–Trinajstić information content (AvgIpc) is 2.92. The second-order valence-electron chi connectivity index (χ2n) is 4.98. The van der Waals surface area contributed by atoms with Crippen molar-refractivity contribution in [2.75, 3.05) is 11.9 Å². The lowest BCUT2D eigenvalue weighted by Gasteiger charge is -2.13. The smallest absolute Gasteiger partial charge is 0.250 e. The number of thiophene rings is 1. The molecule has 0 amide bonds. The lowest BCUT2D eigenvalue weighted by Crippen LogP contribution is -2.36. The predicted octanol–water partition coefficient (Wildman–Crippen LogP) is 2.97. The van der Waals surface area contributed by atoms with Crippen molar-refractivity contribution in [3.63, 3.8) is 0 Å². The summed E-state index contributed by atoms with van der Waals surface area (Å²) in [5, 5.41) is 5.20. The van der Waals surface area contributed by atoms with E-state index in [0.29, 0.717) is 17.8 Å². The molecular formula is C17H15NO2S. The van der Waals surface area contributed by atoms with E-state index in [1.54, 1.807) is 11.3 Å². The van der Waals surface area contributed by atoms with Gasteiger partial charge >= 0.3 is 0 Å². The van der Waals surface area contributed by atoms with Crippen molar-refractivity contribution in [2.45, 2.75) is 13.3 Å². The van der Waals surface area contributed by atoms with Gasteiger partial charge in [-0.05, 0) is 35.9 Å². The number of hydrogen-bond acceptors (Lipinski definition) is 4. The Morgan fingerprint density at radius 3 is 2.48 bits per heavy atom. The summed E-state index contributed by atoms with van der Waals surface area (Å²) in [6.45, 7) is 2.74. The Morgan fingerprint density at radius 2 is 1.81 bits per heavy atom. The molecule has 0 bridgehead atoms. The van der Waals surface area contributed by atoms with E-state index in [-0.39, 0.29) is 0 Å². The van der Waals surface area contributed by atoms with Crippen molar-refractivity contribution < 1.29 is 0 Å². The molecule has 106 valence electrons. The highest BCUT2D eigenvalue weighted by Gasteiger charge is 2.21. The normalized spacial score (nSPS) is 10.9. The molecule has 3 aromatic rings. The second-order valence-corrected chi connectivity index (χ2v) is 5.98. The molecule has 0 aliphatic rings. The standard InChI is InChI=1S/C17H15NO2S/c1-11-8-10-21-13(11)7-9-18-15-14(16(19)17(15)20)12-5-3-2-4-6-12/h2-6,8,10,18H,7,9H2,1H3. The molecule has 0 radical (unpaired) electrons. The largest absolute Gasteiger partial charge is 0.381 e. The van der Waals surface area contributed by atoms with Crippen molar-refractivity contribution in [3.05, 3.63) is 72.7 Å². The first-order valence-corrected chi connectivity index (χ1v) is 7.72. The Morgan fingerprint density at radius 1 is 1.05 bits per heavy atom. The van der Waals surface area contributed by atoms with E-state index in [1.165, 1.54) is 10.4 Å². The van der Waals surface area contributed by atoms with Gasteiger partial charge in [-0.1, -0.05) is 30.3 Å². The lowest BCUT2D eigenvalue weighted by molar-refractivity contribution is 1.03. The van der Waals surface area contributed by atoms with Gasteiger partial charge in [0.1, 0.15) is 0 Å². The Kier molecular flexibility index (Phi) is 3.71. The molecule has 3 nitrogen and oxygen atoms in total. The molecule has 0 saturated heterocycles. The van der Waals surface area contributed by atoms with E-state index in [2.05, 4.69) is 23.7 Å². The molecular weight excluding hydrogens is 282 g/mol. The first-order chi connectivity index (χ1) is 10.2. The molecule has 1 aromatic heterocycles. The quantitative estimate of drug-likeness (QED) is 0.736. The first-order valence-electron chi connectivity index (χ1n) is 6.84. The summed E-state index contributed by atoms with van der Waals surface area (Å²) in [6, 6.07) is 11.4. The zero-order valence-corrected chi connectivity index (χ0v) is 12.5. The zero-order valence-electron chi connectivity index (χ0n) is 11.7. The van der Waals surface area contributed by atoms with E-state index >= 15 is 0 Å². The van der Waals surface area contributed by atoms with Crippen molar-refractivity contribution in [1.82, 2.24) is 0 Å². The summed E-state index contributed by atoms with van der Waals surface area (Å²) >= 11 is 1.72. The highest BCUT2D eigenvalue weighted by atomic mass is 32.1. The fraction of sp³-hybridized carbons (Fsp3) is 0.176. The summed E-state index contributed by atoms with van der Waals surface area (Å²) < 4.78 is 0. The monoisotopic (exact) mass is 297 g/mol. The van der Waals surface area contributed by atoms with Gasteiger partial charge in [-0.2, -0.15) is 0 Å². The fourth-order valence-corrected chi connectivity index (χ4v) is 3.31. The maximum Gasteiger partial charge on any atom is 0.250 e. The van der Waals surface area contributed by atoms with E-state index < -0.39 is 10.9 Å². The third-order valence-corrected chi connectivity index (χ3v) is 4.68. The Labute approximate surface area is 126 Å². The highest BCUT2D eigenvalue weighted by molar-refractivity contribution is 7.10. The van der Waals surface area contributed by atoms with Crippen molar-refractivity contribution in [2.24, 2.45) is 0 Å². The minimum atomic E-state index is -0.406. The average molecular weight is 297 g/mol. The molecule has 21 heavy (non-hydrogen) atoms. The van der Waals surface area contributed by atoms with Crippen LogP contribution in [0.1, 0.15) is 10.4 Å². The summed E-state index contributed by atoms with van der Waals surface area (Å²) in [6.07, 6.45) is 0.858. The van der Waals surface area contributed by atoms with Crippen molar-refractivity contribution in [3.8, 4) is 11.1 Å². The van der Waals surface area contributed by atoms with Gasteiger partial charge in [0.25, 0.3) is 0 Å². The molecule has 1 heterocycles. The third kappa shape index (κ3) is 2.54. The Balaban J connectivity index is 1.75. The maximum atomic E-state index is 11.8. The van der Waals surface area contributed by atoms with Crippen molar-refractivity contribution >= 4 is 17.0 Å². The van der Waals surface area contributed by atoms with Gasteiger partial charge in [-0.15, -0.1) is 11.3 Å². The summed E-state index contributed by atoms with van der Waals surface area (Å²) in [4.78, 5) is 24.8. The highest BCUT2D eigenvalue weighted by Crippen LogP contribution is 2.23. The number of rotatable bonds is 5. The molecule has 2 aromatic carbocycles. The second kappa shape index (κ2) is 5.66. The molecule has 0 aliphatic heterocycles. The van der Waals surface area contributed by atoms with Crippen LogP contribution in [0.4, 0.5) is 5.69 Å². The topological polar surface area (TPSA) is 46.2 Å². The van der Waals surface area contributed by atoms with E-state index in [4.69, 9.17) is 0 Å². The molecule has 0 atom stereocenters. The van der Waals surface area contributed by atoms with Crippen LogP contribution in [0.5, 0.6) is 0 Å². The zero-order chi connectivity index (χ0) is 14.8. The van der Waals surface area contributed by atoms with Gasteiger partial charge < -0.3 is 5.32 Å². The summed E-state index contributed by atoms with van der Waals surface area (Å²) in [5.41, 5.74) is 2.25. The lowest BCUT2D eigenvalue weighted by atomic mass is 9.98. The number of aryl methyl sites for hydroxylation is 1. The van der Waals surface area contributed by atoms with Gasteiger partial charge in [-0.3, -0.25) is 9.59 Å². The van der Waals surface area contributed by atoms with Crippen molar-refractivity contribution in [1.29, 1.82) is 0 Å². The van der Waals surface area contributed by atoms with Gasteiger partial charge in [0.15, 0.2) is 0 Å². The van der Waals surface area contributed by atoms with Crippen LogP contribution in [0, 0.1) is 6.92 Å². The SMILES string of the molecule is Cc1ccsc1CCNc1c(-c2ccccc2)c(=O)c1=O. The summed E-state index contributed by atoms with van der Waals surface area (Å²) in [7, 11) is 0. The molecule has 0 fully saturated rings. The molecule has 0 saturated carbocycles. The van der Waals surface area contributed by atoms with Crippen LogP contribution in [-0.4, -0.2) is 6.54 Å². The molecule has 3 rings (SSSR count). The Bertz CT molecular complexity index is 826. The maximum absolute atomic E-state index is 11.8. The van der Waals surface area contributed by atoms with Crippen LogP contribution in [0.3, 0.4) is 0 Å². The van der Waals surface area contributed by atoms with E-state index in [9.17, 15) is 9.59 Å². The van der Waals surface area contributed by atoms with Crippen LogP contribution in [-0.2, 0) is 6.42 Å². The van der Waals surface area contributed by atoms with Crippen LogP contribution < -0.4 is 16.2 Å². The number of nitrogens with one attached hydrogen (secondary N) is 1. The minimum absolute atomic E-state index is 0.393. The molecule has 4 heteroatoms. The number of anilines is 1. The predicted molar refractivity (Wildman–Crippen MR) is 88.0 cm³/mol. The number of hydrogen-bond donors (Lipinski definition) is 1. The molecule has 0 aliphatic carbocycles. The van der Waals surface area contributed by atoms with E-state index in [1.807, 2.05) is 30.3 Å².